The van der Waals surface area contributed by atoms with Crippen LogP contribution in [0.4, 0.5) is 0 Å². The van der Waals surface area contributed by atoms with Crippen molar-refractivity contribution in [3.8, 4) is 0 Å². The highest BCUT2D eigenvalue weighted by atomic mass is 32.2. The summed E-state index contributed by atoms with van der Waals surface area (Å²) in [6.07, 6.45) is 4.11. The number of nitrogens with two attached hydrogens (primary N) is 1. The third-order valence-electron chi connectivity index (χ3n) is 3.37. The summed E-state index contributed by atoms with van der Waals surface area (Å²) in [4.78, 5) is 11.7. The standard InChI is InChI=1S/C14H23NO5S/c1-4-6-7-11(5-2)9-19-14(16)12-8-13(10(3)20-12)21(15,17)18/h8,11H,4-7,9H2,1-3H3,(H2,15,17,18). The molecule has 0 aliphatic carbocycles. The van der Waals surface area contributed by atoms with Gasteiger partial charge >= 0.3 is 5.97 Å². The number of rotatable bonds is 8. The normalized spacial score (nSPS) is 13.1. The average Bonchev–Trinajstić information content (AvgIpc) is 2.81. The monoisotopic (exact) mass is 317 g/mol. The second-order valence-corrected chi connectivity index (χ2v) is 6.62. The first kappa shape index (κ1) is 17.7. The molecule has 0 spiro atoms. The van der Waals surface area contributed by atoms with E-state index in [9.17, 15) is 13.2 Å². The number of aryl methyl sites for hydroxylation is 1. The second-order valence-electron chi connectivity index (χ2n) is 5.09. The molecular weight excluding hydrogens is 294 g/mol. The molecule has 1 rings (SSSR count). The lowest BCUT2D eigenvalue weighted by atomic mass is 10.0. The Labute approximate surface area is 125 Å². The zero-order chi connectivity index (χ0) is 16.0. The van der Waals surface area contributed by atoms with Gasteiger partial charge in [-0.2, -0.15) is 0 Å². The van der Waals surface area contributed by atoms with Crippen molar-refractivity contribution in [1.82, 2.24) is 0 Å². The largest absolute Gasteiger partial charge is 0.460 e. The zero-order valence-corrected chi connectivity index (χ0v) is 13.5. The van der Waals surface area contributed by atoms with E-state index >= 15 is 0 Å². The Balaban J connectivity index is 2.68. The predicted octanol–water partition coefficient (Wildman–Crippen LogP) is 2.61. The van der Waals surface area contributed by atoms with Gasteiger partial charge in [0.05, 0.1) is 6.61 Å². The van der Waals surface area contributed by atoms with Crippen LogP contribution in [0.25, 0.3) is 0 Å². The van der Waals surface area contributed by atoms with Gasteiger partial charge in [0.2, 0.25) is 15.8 Å². The Morgan fingerprint density at radius 2 is 2.10 bits per heavy atom. The van der Waals surface area contributed by atoms with Crippen molar-refractivity contribution in [3.05, 3.63) is 17.6 Å². The smallest absolute Gasteiger partial charge is 0.374 e. The van der Waals surface area contributed by atoms with Crippen LogP contribution in [0.2, 0.25) is 0 Å². The summed E-state index contributed by atoms with van der Waals surface area (Å²) < 4.78 is 32.9. The number of carbonyl (C=O) groups is 1. The van der Waals surface area contributed by atoms with Crippen LogP contribution in [0.1, 0.15) is 55.8 Å². The quantitative estimate of drug-likeness (QED) is 0.743. The lowest BCUT2D eigenvalue weighted by Gasteiger charge is -2.13. The maximum atomic E-state index is 11.9. The van der Waals surface area contributed by atoms with Crippen LogP contribution in [0, 0.1) is 12.8 Å². The van der Waals surface area contributed by atoms with Crippen LogP contribution in [-0.2, 0) is 14.8 Å². The number of carbonyl (C=O) groups excluding carboxylic acids is 1. The molecule has 120 valence electrons. The average molecular weight is 317 g/mol. The van der Waals surface area contributed by atoms with Crippen molar-refractivity contribution < 1.29 is 22.4 Å². The molecule has 1 atom stereocenters. The number of hydrogen-bond acceptors (Lipinski definition) is 5. The number of primary sulfonamides is 1. The summed E-state index contributed by atoms with van der Waals surface area (Å²) in [5.41, 5.74) is 0. The van der Waals surface area contributed by atoms with E-state index in [-0.39, 0.29) is 16.4 Å². The van der Waals surface area contributed by atoms with Crippen molar-refractivity contribution in [2.45, 2.75) is 51.3 Å². The van der Waals surface area contributed by atoms with E-state index in [4.69, 9.17) is 14.3 Å². The van der Waals surface area contributed by atoms with Gasteiger partial charge in [0.1, 0.15) is 10.7 Å². The predicted molar refractivity (Wildman–Crippen MR) is 78.4 cm³/mol. The molecule has 0 aliphatic rings. The molecule has 0 saturated heterocycles. The van der Waals surface area contributed by atoms with Gasteiger partial charge in [0.15, 0.2) is 0 Å². The third-order valence-corrected chi connectivity index (χ3v) is 4.39. The van der Waals surface area contributed by atoms with Gasteiger partial charge in [0.25, 0.3) is 0 Å². The third kappa shape index (κ3) is 5.17. The van der Waals surface area contributed by atoms with Gasteiger partial charge in [-0.3, -0.25) is 0 Å². The minimum absolute atomic E-state index is 0.0856. The van der Waals surface area contributed by atoms with E-state index in [1.807, 2.05) is 6.92 Å². The van der Waals surface area contributed by atoms with Crippen LogP contribution in [0.5, 0.6) is 0 Å². The van der Waals surface area contributed by atoms with Crippen molar-refractivity contribution >= 4 is 16.0 Å². The molecule has 0 amide bonds. The van der Waals surface area contributed by atoms with Crippen molar-refractivity contribution in [2.75, 3.05) is 6.61 Å². The molecule has 1 aromatic rings. The van der Waals surface area contributed by atoms with Gasteiger partial charge in [-0.15, -0.1) is 0 Å². The molecule has 0 aromatic carbocycles. The fourth-order valence-electron chi connectivity index (χ4n) is 2.01. The molecule has 0 bridgehead atoms. The minimum atomic E-state index is -3.90. The van der Waals surface area contributed by atoms with Crippen LogP contribution >= 0.6 is 0 Å². The van der Waals surface area contributed by atoms with E-state index in [1.165, 1.54) is 6.92 Å². The van der Waals surface area contributed by atoms with Crippen molar-refractivity contribution in [3.63, 3.8) is 0 Å². The summed E-state index contributed by atoms with van der Waals surface area (Å²) in [6, 6.07) is 1.11. The molecule has 0 fully saturated rings. The molecule has 0 saturated carbocycles. The SMILES string of the molecule is CCCCC(CC)COC(=O)c1cc(S(N)(=O)=O)c(C)o1. The van der Waals surface area contributed by atoms with E-state index in [2.05, 4.69) is 6.92 Å². The first-order valence-electron chi connectivity index (χ1n) is 7.09. The van der Waals surface area contributed by atoms with Crippen LogP contribution in [0.3, 0.4) is 0 Å². The highest BCUT2D eigenvalue weighted by Gasteiger charge is 2.22. The summed E-state index contributed by atoms with van der Waals surface area (Å²) in [5, 5.41) is 5.03. The van der Waals surface area contributed by atoms with Crippen LogP contribution in [0.15, 0.2) is 15.4 Å². The number of hydrogen-bond donors (Lipinski definition) is 1. The number of furan rings is 1. The van der Waals surface area contributed by atoms with E-state index in [1.54, 1.807) is 0 Å². The van der Waals surface area contributed by atoms with Gasteiger partial charge in [-0.25, -0.2) is 18.4 Å². The van der Waals surface area contributed by atoms with Gasteiger partial charge < -0.3 is 9.15 Å². The number of sulfonamides is 1. The summed E-state index contributed by atoms with van der Waals surface area (Å²) in [7, 11) is -3.90. The molecular formula is C14H23NO5S. The van der Waals surface area contributed by atoms with Gasteiger partial charge in [-0.05, 0) is 19.3 Å². The molecule has 7 heteroatoms. The van der Waals surface area contributed by atoms with Crippen molar-refractivity contribution in [1.29, 1.82) is 0 Å². The fourth-order valence-corrected chi connectivity index (χ4v) is 2.72. The molecule has 1 unspecified atom stereocenters. The topological polar surface area (TPSA) is 99.6 Å². The first-order chi connectivity index (χ1) is 9.79. The molecule has 2 N–H and O–H groups in total. The van der Waals surface area contributed by atoms with Gasteiger partial charge in [0, 0.05) is 6.07 Å². The zero-order valence-electron chi connectivity index (χ0n) is 12.7. The first-order valence-corrected chi connectivity index (χ1v) is 8.64. The maximum absolute atomic E-state index is 11.9. The minimum Gasteiger partial charge on any atom is -0.460 e. The highest BCUT2D eigenvalue weighted by Crippen LogP contribution is 2.20. The van der Waals surface area contributed by atoms with Crippen LogP contribution in [-0.4, -0.2) is 21.0 Å². The number of esters is 1. The Morgan fingerprint density at radius 1 is 1.43 bits per heavy atom. The molecule has 0 aliphatic heterocycles. The van der Waals surface area contributed by atoms with E-state index < -0.39 is 16.0 Å². The molecule has 1 heterocycles. The van der Waals surface area contributed by atoms with E-state index in [0.717, 1.165) is 31.7 Å². The van der Waals surface area contributed by atoms with Crippen LogP contribution < -0.4 is 5.14 Å². The Hall–Kier alpha value is -1.34. The van der Waals surface area contributed by atoms with E-state index in [0.29, 0.717) is 12.5 Å². The van der Waals surface area contributed by atoms with Crippen molar-refractivity contribution in [2.24, 2.45) is 11.1 Å². The lowest BCUT2D eigenvalue weighted by Crippen LogP contribution is -2.14. The molecule has 0 radical (unpaired) electrons. The van der Waals surface area contributed by atoms with Gasteiger partial charge in [-0.1, -0.05) is 33.1 Å². The Morgan fingerprint density at radius 3 is 2.57 bits per heavy atom. The number of unbranched alkanes of at least 4 members (excludes halogenated alkanes) is 1. The fraction of sp³-hybridized carbons (Fsp3) is 0.643. The summed E-state index contributed by atoms with van der Waals surface area (Å²) in [6.45, 7) is 5.90. The highest BCUT2D eigenvalue weighted by molar-refractivity contribution is 7.89. The Kier molecular flexibility index (Phi) is 6.42. The molecule has 21 heavy (non-hydrogen) atoms. The maximum Gasteiger partial charge on any atom is 0.374 e. The number of ether oxygens (including phenoxy) is 1. The molecule has 6 nitrogen and oxygen atoms in total. The molecule has 1 aromatic heterocycles. The Bertz CT molecular complexity index is 576. The second kappa shape index (κ2) is 7.61. The summed E-state index contributed by atoms with van der Waals surface area (Å²) in [5.74, 6) is -0.407. The lowest BCUT2D eigenvalue weighted by molar-refractivity contribution is 0.0391. The summed E-state index contributed by atoms with van der Waals surface area (Å²) >= 11 is 0.